The SMILES string of the molecule is CCNCc1cc(F)c(N2CCCCCC2C)c(F)c1. The van der Waals surface area contributed by atoms with Gasteiger partial charge in [-0.15, -0.1) is 0 Å². The zero-order valence-electron chi connectivity index (χ0n) is 12.4. The Hall–Kier alpha value is -1.16. The van der Waals surface area contributed by atoms with Crippen molar-refractivity contribution < 1.29 is 8.78 Å². The molecule has 1 N–H and O–H groups in total. The van der Waals surface area contributed by atoms with Crippen molar-refractivity contribution in [1.82, 2.24) is 5.32 Å². The molecule has 0 saturated carbocycles. The molecule has 1 unspecified atom stereocenters. The van der Waals surface area contributed by atoms with Gasteiger partial charge in [-0.25, -0.2) is 8.78 Å². The summed E-state index contributed by atoms with van der Waals surface area (Å²) in [5, 5.41) is 3.09. The van der Waals surface area contributed by atoms with Crippen LogP contribution in [0.15, 0.2) is 12.1 Å². The zero-order chi connectivity index (χ0) is 14.5. The van der Waals surface area contributed by atoms with Crippen LogP contribution in [0.4, 0.5) is 14.5 Å². The lowest BCUT2D eigenvalue weighted by molar-refractivity contribution is 0.540. The van der Waals surface area contributed by atoms with Crippen LogP contribution in [0.3, 0.4) is 0 Å². The average Bonchev–Trinajstić information content (AvgIpc) is 2.61. The van der Waals surface area contributed by atoms with Gasteiger partial charge in [0.15, 0.2) is 0 Å². The van der Waals surface area contributed by atoms with Crippen molar-refractivity contribution in [2.45, 2.75) is 52.1 Å². The van der Waals surface area contributed by atoms with Gasteiger partial charge in [-0.1, -0.05) is 19.8 Å². The molecule has 1 fully saturated rings. The van der Waals surface area contributed by atoms with Crippen LogP contribution in [0, 0.1) is 11.6 Å². The molecule has 0 amide bonds. The molecule has 1 aromatic carbocycles. The molecule has 0 spiro atoms. The van der Waals surface area contributed by atoms with Crippen molar-refractivity contribution in [2.75, 3.05) is 18.0 Å². The highest BCUT2D eigenvalue weighted by Crippen LogP contribution is 2.30. The molecular formula is C16H24F2N2. The second-order valence-electron chi connectivity index (χ2n) is 5.58. The number of halogens is 2. The summed E-state index contributed by atoms with van der Waals surface area (Å²) in [7, 11) is 0. The second-order valence-corrected chi connectivity index (χ2v) is 5.58. The van der Waals surface area contributed by atoms with Gasteiger partial charge >= 0.3 is 0 Å². The second kappa shape index (κ2) is 7.02. The highest BCUT2D eigenvalue weighted by molar-refractivity contribution is 5.51. The highest BCUT2D eigenvalue weighted by atomic mass is 19.1. The summed E-state index contributed by atoms with van der Waals surface area (Å²) in [6.45, 7) is 6.05. The quantitative estimate of drug-likeness (QED) is 0.902. The van der Waals surface area contributed by atoms with Crippen LogP contribution in [0.25, 0.3) is 0 Å². The number of nitrogens with one attached hydrogen (secondary N) is 1. The van der Waals surface area contributed by atoms with E-state index in [0.29, 0.717) is 12.1 Å². The minimum atomic E-state index is -0.438. The van der Waals surface area contributed by atoms with E-state index in [9.17, 15) is 8.78 Å². The molecule has 0 aromatic heterocycles. The molecule has 112 valence electrons. The first kappa shape index (κ1) is 15.2. The number of hydrogen-bond donors (Lipinski definition) is 1. The molecule has 1 aromatic rings. The normalized spacial score (nSPS) is 20.0. The Bertz CT molecular complexity index is 425. The fraction of sp³-hybridized carbons (Fsp3) is 0.625. The Kier molecular flexibility index (Phi) is 5.35. The largest absolute Gasteiger partial charge is 0.364 e. The third-order valence-electron chi connectivity index (χ3n) is 4.00. The third kappa shape index (κ3) is 3.48. The van der Waals surface area contributed by atoms with Gasteiger partial charge in [0.2, 0.25) is 0 Å². The monoisotopic (exact) mass is 282 g/mol. The van der Waals surface area contributed by atoms with Gasteiger partial charge in [0.05, 0.1) is 0 Å². The molecule has 2 rings (SSSR count). The van der Waals surface area contributed by atoms with Gasteiger partial charge in [0.1, 0.15) is 17.3 Å². The first-order chi connectivity index (χ1) is 9.63. The molecule has 1 saturated heterocycles. The smallest absolute Gasteiger partial charge is 0.149 e. The van der Waals surface area contributed by atoms with Crippen LogP contribution in [-0.2, 0) is 6.54 Å². The van der Waals surface area contributed by atoms with Crippen molar-refractivity contribution in [3.8, 4) is 0 Å². The standard InChI is InChI=1S/C16H24F2N2/c1-3-19-11-13-9-14(17)16(15(18)10-13)20-8-6-4-5-7-12(20)2/h9-10,12,19H,3-8,11H2,1-2H3. The lowest BCUT2D eigenvalue weighted by Gasteiger charge is -2.30. The minimum Gasteiger partial charge on any atom is -0.364 e. The van der Waals surface area contributed by atoms with Crippen LogP contribution < -0.4 is 10.2 Å². The van der Waals surface area contributed by atoms with E-state index in [4.69, 9.17) is 0 Å². The summed E-state index contributed by atoms with van der Waals surface area (Å²) >= 11 is 0. The fourth-order valence-corrected chi connectivity index (χ4v) is 2.87. The van der Waals surface area contributed by atoms with E-state index in [0.717, 1.165) is 38.8 Å². The number of benzene rings is 1. The summed E-state index contributed by atoms with van der Waals surface area (Å²) in [6.07, 6.45) is 4.28. The molecule has 1 heterocycles. The summed E-state index contributed by atoms with van der Waals surface area (Å²) in [5.41, 5.74) is 0.813. The Balaban J connectivity index is 2.26. The lowest BCUT2D eigenvalue weighted by atomic mass is 10.1. The van der Waals surface area contributed by atoms with Gasteiger partial charge in [-0.2, -0.15) is 0 Å². The fourth-order valence-electron chi connectivity index (χ4n) is 2.87. The maximum Gasteiger partial charge on any atom is 0.149 e. The van der Waals surface area contributed by atoms with Crippen molar-refractivity contribution in [1.29, 1.82) is 0 Å². The minimum absolute atomic E-state index is 0.152. The molecule has 2 nitrogen and oxygen atoms in total. The van der Waals surface area contributed by atoms with E-state index in [-0.39, 0.29) is 11.7 Å². The summed E-state index contributed by atoms with van der Waals surface area (Å²) in [4.78, 5) is 1.90. The molecular weight excluding hydrogens is 258 g/mol. The molecule has 0 bridgehead atoms. The molecule has 4 heteroatoms. The van der Waals surface area contributed by atoms with Crippen LogP contribution >= 0.6 is 0 Å². The number of rotatable bonds is 4. The Labute approximate surface area is 120 Å². The summed E-state index contributed by atoms with van der Waals surface area (Å²) in [5.74, 6) is -0.877. The van der Waals surface area contributed by atoms with E-state index in [1.165, 1.54) is 12.1 Å². The van der Waals surface area contributed by atoms with E-state index < -0.39 is 11.6 Å². The summed E-state index contributed by atoms with van der Waals surface area (Å²) < 4.78 is 28.6. The molecule has 0 aliphatic carbocycles. The Morgan fingerprint density at radius 3 is 2.55 bits per heavy atom. The molecule has 1 atom stereocenters. The predicted octanol–water partition coefficient (Wildman–Crippen LogP) is 3.84. The first-order valence-corrected chi connectivity index (χ1v) is 7.58. The molecule has 1 aliphatic rings. The summed E-state index contributed by atoms with van der Waals surface area (Å²) in [6, 6.07) is 3.11. The van der Waals surface area contributed by atoms with E-state index in [1.54, 1.807) is 0 Å². The third-order valence-corrected chi connectivity index (χ3v) is 4.00. The maximum absolute atomic E-state index is 14.3. The van der Waals surface area contributed by atoms with Crippen molar-refractivity contribution >= 4 is 5.69 Å². The van der Waals surface area contributed by atoms with Gasteiger partial charge in [-0.3, -0.25) is 0 Å². The predicted molar refractivity (Wildman–Crippen MR) is 79.0 cm³/mol. The lowest BCUT2D eigenvalue weighted by Crippen LogP contribution is -2.34. The Morgan fingerprint density at radius 1 is 1.20 bits per heavy atom. The number of anilines is 1. The van der Waals surface area contributed by atoms with Gasteiger partial charge in [0, 0.05) is 19.1 Å². The van der Waals surface area contributed by atoms with Gasteiger partial charge in [0.25, 0.3) is 0 Å². The van der Waals surface area contributed by atoms with Crippen molar-refractivity contribution in [3.05, 3.63) is 29.3 Å². The van der Waals surface area contributed by atoms with E-state index in [1.807, 2.05) is 11.8 Å². The van der Waals surface area contributed by atoms with E-state index >= 15 is 0 Å². The number of nitrogens with zero attached hydrogens (tertiary/aromatic N) is 1. The Morgan fingerprint density at radius 2 is 1.90 bits per heavy atom. The van der Waals surface area contributed by atoms with Crippen LogP contribution in [0.2, 0.25) is 0 Å². The topological polar surface area (TPSA) is 15.3 Å². The maximum atomic E-state index is 14.3. The average molecular weight is 282 g/mol. The van der Waals surface area contributed by atoms with Crippen LogP contribution in [0.5, 0.6) is 0 Å². The van der Waals surface area contributed by atoms with Gasteiger partial charge in [-0.05, 0) is 44.0 Å². The van der Waals surface area contributed by atoms with Crippen molar-refractivity contribution in [3.63, 3.8) is 0 Å². The first-order valence-electron chi connectivity index (χ1n) is 7.58. The number of hydrogen-bond acceptors (Lipinski definition) is 2. The van der Waals surface area contributed by atoms with Crippen LogP contribution in [-0.4, -0.2) is 19.1 Å². The molecule has 0 radical (unpaired) electrons. The van der Waals surface area contributed by atoms with Crippen LogP contribution in [0.1, 0.15) is 45.1 Å². The van der Waals surface area contributed by atoms with Crippen molar-refractivity contribution in [2.24, 2.45) is 0 Å². The molecule has 20 heavy (non-hydrogen) atoms. The van der Waals surface area contributed by atoms with Gasteiger partial charge < -0.3 is 10.2 Å². The van der Waals surface area contributed by atoms with E-state index in [2.05, 4.69) is 12.2 Å². The molecule has 1 aliphatic heterocycles. The zero-order valence-corrected chi connectivity index (χ0v) is 12.4. The highest BCUT2D eigenvalue weighted by Gasteiger charge is 2.23.